The Hall–Kier alpha value is -1.87. The van der Waals surface area contributed by atoms with Gasteiger partial charge in [-0.15, -0.1) is 0 Å². The summed E-state index contributed by atoms with van der Waals surface area (Å²) in [4.78, 5) is 8.85. The molecule has 0 spiro atoms. The van der Waals surface area contributed by atoms with Gasteiger partial charge in [0.25, 0.3) is 0 Å². The SMILES string of the molecule is Cn1c(-c2ccccc2)nc2cc(Cl)cnc21. The summed E-state index contributed by atoms with van der Waals surface area (Å²) in [6.07, 6.45) is 1.64. The Labute approximate surface area is 104 Å². The van der Waals surface area contributed by atoms with Crippen LogP contribution in [0.2, 0.25) is 5.02 Å². The van der Waals surface area contributed by atoms with E-state index in [9.17, 15) is 0 Å². The molecule has 17 heavy (non-hydrogen) atoms. The second-order valence-corrected chi connectivity index (χ2v) is 4.29. The minimum atomic E-state index is 0.607. The summed E-state index contributed by atoms with van der Waals surface area (Å²) in [5, 5.41) is 0.607. The lowest BCUT2D eigenvalue weighted by atomic mass is 10.2. The van der Waals surface area contributed by atoms with Gasteiger partial charge in [-0.3, -0.25) is 0 Å². The van der Waals surface area contributed by atoms with Gasteiger partial charge in [-0.1, -0.05) is 41.9 Å². The minimum Gasteiger partial charge on any atom is -0.312 e. The molecule has 84 valence electrons. The molecular weight excluding hydrogens is 234 g/mol. The van der Waals surface area contributed by atoms with Gasteiger partial charge in [0.1, 0.15) is 11.3 Å². The number of aryl methyl sites for hydroxylation is 1. The zero-order valence-electron chi connectivity index (χ0n) is 9.26. The van der Waals surface area contributed by atoms with Crippen molar-refractivity contribution in [2.24, 2.45) is 7.05 Å². The first-order valence-corrected chi connectivity index (χ1v) is 5.67. The van der Waals surface area contributed by atoms with Crippen LogP contribution in [0.3, 0.4) is 0 Å². The summed E-state index contributed by atoms with van der Waals surface area (Å²) >= 11 is 5.91. The summed E-state index contributed by atoms with van der Waals surface area (Å²) in [5.41, 5.74) is 2.73. The quantitative estimate of drug-likeness (QED) is 0.657. The molecule has 0 bridgehead atoms. The third-order valence-electron chi connectivity index (χ3n) is 2.71. The van der Waals surface area contributed by atoms with Gasteiger partial charge in [-0.2, -0.15) is 0 Å². The molecule has 0 radical (unpaired) electrons. The van der Waals surface area contributed by atoms with E-state index in [4.69, 9.17) is 11.6 Å². The fourth-order valence-corrected chi connectivity index (χ4v) is 2.05. The molecule has 3 aromatic rings. The summed E-state index contributed by atoms with van der Waals surface area (Å²) in [7, 11) is 1.96. The Balaban J connectivity index is 2.28. The molecule has 0 aliphatic carbocycles. The van der Waals surface area contributed by atoms with Crippen molar-refractivity contribution < 1.29 is 0 Å². The fourth-order valence-electron chi connectivity index (χ4n) is 1.90. The Morgan fingerprint density at radius 1 is 1.18 bits per heavy atom. The predicted molar refractivity (Wildman–Crippen MR) is 69.0 cm³/mol. The Morgan fingerprint density at radius 3 is 2.71 bits per heavy atom. The molecule has 1 aromatic carbocycles. The van der Waals surface area contributed by atoms with E-state index in [1.54, 1.807) is 6.20 Å². The number of rotatable bonds is 1. The van der Waals surface area contributed by atoms with E-state index in [1.165, 1.54) is 0 Å². The average molecular weight is 244 g/mol. The van der Waals surface area contributed by atoms with Gasteiger partial charge >= 0.3 is 0 Å². The third-order valence-corrected chi connectivity index (χ3v) is 2.91. The molecule has 0 unspecified atom stereocenters. The van der Waals surface area contributed by atoms with E-state index in [1.807, 2.05) is 48.0 Å². The van der Waals surface area contributed by atoms with E-state index in [-0.39, 0.29) is 0 Å². The lowest BCUT2D eigenvalue weighted by Gasteiger charge is -2.00. The first-order valence-electron chi connectivity index (χ1n) is 5.29. The van der Waals surface area contributed by atoms with Gasteiger partial charge in [0, 0.05) is 18.8 Å². The lowest BCUT2D eigenvalue weighted by molar-refractivity contribution is 0.942. The highest BCUT2D eigenvalue weighted by molar-refractivity contribution is 6.31. The largest absolute Gasteiger partial charge is 0.312 e. The van der Waals surface area contributed by atoms with E-state index in [0.29, 0.717) is 5.02 Å². The van der Waals surface area contributed by atoms with E-state index in [0.717, 1.165) is 22.6 Å². The summed E-state index contributed by atoms with van der Waals surface area (Å²) in [6, 6.07) is 11.9. The fraction of sp³-hybridized carbons (Fsp3) is 0.0769. The maximum absolute atomic E-state index is 5.91. The molecule has 0 aliphatic rings. The van der Waals surface area contributed by atoms with Gasteiger partial charge in [-0.05, 0) is 6.07 Å². The number of hydrogen-bond acceptors (Lipinski definition) is 2. The highest BCUT2D eigenvalue weighted by atomic mass is 35.5. The summed E-state index contributed by atoms with van der Waals surface area (Å²) < 4.78 is 1.97. The Morgan fingerprint density at radius 2 is 1.94 bits per heavy atom. The smallest absolute Gasteiger partial charge is 0.160 e. The van der Waals surface area contributed by atoms with Gasteiger partial charge in [0.2, 0.25) is 0 Å². The standard InChI is InChI=1S/C13H10ClN3/c1-17-12(9-5-3-2-4-6-9)16-11-7-10(14)8-15-13(11)17/h2-8H,1H3. The molecule has 3 rings (SSSR count). The third kappa shape index (κ3) is 1.68. The molecule has 2 aromatic heterocycles. The van der Waals surface area contributed by atoms with Gasteiger partial charge in [-0.25, -0.2) is 9.97 Å². The van der Waals surface area contributed by atoms with Crippen molar-refractivity contribution >= 4 is 22.8 Å². The number of fused-ring (bicyclic) bond motifs is 1. The maximum atomic E-state index is 5.91. The van der Waals surface area contributed by atoms with Crippen LogP contribution >= 0.6 is 11.6 Å². The molecule has 4 heteroatoms. The monoisotopic (exact) mass is 243 g/mol. The first-order chi connectivity index (χ1) is 8.25. The second-order valence-electron chi connectivity index (χ2n) is 3.86. The number of halogens is 1. The van der Waals surface area contributed by atoms with Gasteiger partial charge in [0.15, 0.2) is 5.65 Å². The highest BCUT2D eigenvalue weighted by Gasteiger charge is 2.10. The normalized spacial score (nSPS) is 10.9. The number of imidazole rings is 1. The number of pyridine rings is 1. The van der Waals surface area contributed by atoms with Crippen LogP contribution in [0, 0.1) is 0 Å². The molecular formula is C13H10ClN3. The number of aromatic nitrogens is 3. The van der Waals surface area contributed by atoms with Gasteiger partial charge in [0.05, 0.1) is 5.02 Å². The van der Waals surface area contributed by atoms with E-state index in [2.05, 4.69) is 9.97 Å². The van der Waals surface area contributed by atoms with Crippen molar-refractivity contribution in [2.45, 2.75) is 0 Å². The van der Waals surface area contributed by atoms with Crippen LogP contribution in [0.25, 0.3) is 22.6 Å². The Kier molecular flexibility index (Phi) is 2.34. The van der Waals surface area contributed by atoms with Crippen LogP contribution in [0.5, 0.6) is 0 Å². The minimum absolute atomic E-state index is 0.607. The van der Waals surface area contributed by atoms with Crippen molar-refractivity contribution in [2.75, 3.05) is 0 Å². The van der Waals surface area contributed by atoms with Crippen molar-refractivity contribution in [1.82, 2.24) is 14.5 Å². The van der Waals surface area contributed by atoms with Crippen molar-refractivity contribution in [3.63, 3.8) is 0 Å². The number of nitrogens with zero attached hydrogens (tertiary/aromatic N) is 3. The van der Waals surface area contributed by atoms with Crippen LogP contribution in [-0.2, 0) is 7.05 Å². The molecule has 0 saturated carbocycles. The molecule has 0 amide bonds. The van der Waals surface area contributed by atoms with Crippen molar-refractivity contribution in [1.29, 1.82) is 0 Å². The predicted octanol–water partition coefficient (Wildman–Crippen LogP) is 3.29. The van der Waals surface area contributed by atoms with Crippen molar-refractivity contribution in [3.8, 4) is 11.4 Å². The number of benzene rings is 1. The summed E-state index contributed by atoms with van der Waals surface area (Å²) in [5.74, 6) is 0.898. The van der Waals surface area contributed by atoms with Crippen LogP contribution < -0.4 is 0 Å². The topological polar surface area (TPSA) is 30.7 Å². The van der Waals surface area contributed by atoms with Crippen LogP contribution in [0.15, 0.2) is 42.6 Å². The maximum Gasteiger partial charge on any atom is 0.160 e. The van der Waals surface area contributed by atoms with Gasteiger partial charge < -0.3 is 4.57 Å². The Bertz CT molecular complexity index is 674. The highest BCUT2D eigenvalue weighted by Crippen LogP contribution is 2.23. The molecule has 0 atom stereocenters. The summed E-state index contributed by atoms with van der Waals surface area (Å²) in [6.45, 7) is 0. The average Bonchev–Trinajstić information content (AvgIpc) is 2.67. The van der Waals surface area contributed by atoms with E-state index < -0.39 is 0 Å². The van der Waals surface area contributed by atoms with E-state index >= 15 is 0 Å². The molecule has 0 aliphatic heterocycles. The second kappa shape index (κ2) is 3.86. The number of hydrogen-bond donors (Lipinski definition) is 0. The molecule has 2 heterocycles. The molecule has 0 saturated heterocycles. The molecule has 3 nitrogen and oxygen atoms in total. The van der Waals surface area contributed by atoms with Crippen LogP contribution in [0.4, 0.5) is 0 Å². The molecule has 0 fully saturated rings. The van der Waals surface area contributed by atoms with Crippen LogP contribution in [-0.4, -0.2) is 14.5 Å². The van der Waals surface area contributed by atoms with Crippen molar-refractivity contribution in [3.05, 3.63) is 47.6 Å². The zero-order valence-corrected chi connectivity index (χ0v) is 10.0. The van der Waals surface area contributed by atoms with Crippen LogP contribution in [0.1, 0.15) is 0 Å². The molecule has 0 N–H and O–H groups in total. The first kappa shape index (κ1) is 10.3. The lowest BCUT2D eigenvalue weighted by Crippen LogP contribution is -1.93. The zero-order chi connectivity index (χ0) is 11.8.